The summed E-state index contributed by atoms with van der Waals surface area (Å²) >= 11 is 0. The van der Waals surface area contributed by atoms with Crippen molar-refractivity contribution in [2.24, 2.45) is 11.1 Å². The highest BCUT2D eigenvalue weighted by Gasteiger charge is 2.46. The number of halogens is 3. The average Bonchev–Trinajstić information content (AvgIpc) is 2.37. The number of hydrogen-bond acceptors (Lipinski definition) is 3. The monoisotopic (exact) mass is 287 g/mol. The maximum atomic E-state index is 12.4. The van der Waals surface area contributed by atoms with Gasteiger partial charge in [0.05, 0.1) is 5.56 Å². The maximum Gasteiger partial charge on any atom is 0.417 e. The van der Waals surface area contributed by atoms with Crippen molar-refractivity contribution >= 4 is 5.91 Å². The molecule has 2 rings (SSSR count). The van der Waals surface area contributed by atoms with E-state index in [1.165, 1.54) is 0 Å². The smallest absolute Gasteiger partial charge is 0.347 e. The number of rotatable bonds is 2. The van der Waals surface area contributed by atoms with E-state index in [1.807, 2.05) is 13.8 Å². The molecular formula is C13H16F3N3O. The molecule has 7 heteroatoms. The fourth-order valence-corrected chi connectivity index (χ4v) is 2.13. The summed E-state index contributed by atoms with van der Waals surface area (Å²) in [5.74, 6) is -0.483. The fourth-order valence-electron chi connectivity index (χ4n) is 2.13. The molecule has 1 aliphatic carbocycles. The molecular weight excluding hydrogens is 271 g/mol. The van der Waals surface area contributed by atoms with Gasteiger partial charge in [0.1, 0.15) is 5.69 Å². The summed E-state index contributed by atoms with van der Waals surface area (Å²) in [5.41, 5.74) is 4.71. The number of aromatic nitrogens is 1. The topological polar surface area (TPSA) is 68.0 Å². The van der Waals surface area contributed by atoms with Gasteiger partial charge < -0.3 is 11.1 Å². The molecule has 110 valence electrons. The van der Waals surface area contributed by atoms with Crippen LogP contribution in [0.3, 0.4) is 0 Å². The number of nitrogens with one attached hydrogen (secondary N) is 1. The number of amides is 1. The highest BCUT2D eigenvalue weighted by Crippen LogP contribution is 2.39. The number of carbonyl (C=O) groups excluding carboxylic acids is 1. The van der Waals surface area contributed by atoms with E-state index in [2.05, 4.69) is 10.3 Å². The third kappa shape index (κ3) is 2.63. The van der Waals surface area contributed by atoms with Gasteiger partial charge in [0.2, 0.25) is 0 Å². The highest BCUT2D eigenvalue weighted by molar-refractivity contribution is 5.92. The van der Waals surface area contributed by atoms with Gasteiger partial charge in [-0.05, 0) is 18.6 Å². The van der Waals surface area contributed by atoms with E-state index < -0.39 is 17.6 Å². The van der Waals surface area contributed by atoms with Crippen molar-refractivity contribution in [1.29, 1.82) is 0 Å². The number of alkyl halides is 3. The van der Waals surface area contributed by atoms with E-state index in [0.29, 0.717) is 12.6 Å². The Labute approximate surface area is 114 Å². The molecule has 20 heavy (non-hydrogen) atoms. The van der Waals surface area contributed by atoms with Crippen LogP contribution in [0, 0.1) is 5.41 Å². The molecule has 1 heterocycles. The lowest BCUT2D eigenvalue weighted by atomic mass is 9.63. The Bertz CT molecular complexity index is 511. The van der Waals surface area contributed by atoms with E-state index in [0.717, 1.165) is 12.1 Å². The number of nitrogens with zero attached hydrogens (tertiary/aromatic N) is 1. The van der Waals surface area contributed by atoms with Crippen molar-refractivity contribution in [2.75, 3.05) is 0 Å². The minimum atomic E-state index is -4.45. The Morgan fingerprint density at radius 2 is 2.10 bits per heavy atom. The van der Waals surface area contributed by atoms with Crippen molar-refractivity contribution in [3.63, 3.8) is 0 Å². The van der Waals surface area contributed by atoms with Gasteiger partial charge in [0.15, 0.2) is 0 Å². The lowest BCUT2D eigenvalue weighted by Gasteiger charge is -2.50. The SMILES string of the molecule is CC1(C)C(N)CC1NC(=O)c1ccc(C(F)(F)F)cn1. The van der Waals surface area contributed by atoms with E-state index in [1.54, 1.807) is 0 Å². The molecule has 0 aromatic carbocycles. The molecule has 0 saturated heterocycles. The van der Waals surface area contributed by atoms with Crippen LogP contribution < -0.4 is 11.1 Å². The standard InChI is InChI=1S/C13H16F3N3O/c1-12(2)9(17)5-10(12)19-11(20)8-4-3-7(6-18-8)13(14,15)16/h3-4,6,9-10H,5,17H2,1-2H3,(H,19,20). The van der Waals surface area contributed by atoms with Crippen molar-refractivity contribution in [3.8, 4) is 0 Å². The van der Waals surface area contributed by atoms with Crippen LogP contribution in [0.1, 0.15) is 36.3 Å². The Balaban J connectivity index is 2.04. The summed E-state index contributed by atoms with van der Waals surface area (Å²) in [6.07, 6.45) is -3.14. The fraction of sp³-hybridized carbons (Fsp3) is 0.538. The molecule has 1 aromatic heterocycles. The average molecular weight is 287 g/mol. The van der Waals surface area contributed by atoms with Crippen molar-refractivity contribution in [2.45, 2.75) is 38.5 Å². The van der Waals surface area contributed by atoms with Crippen LogP contribution in [0.5, 0.6) is 0 Å². The number of hydrogen-bond donors (Lipinski definition) is 2. The molecule has 1 aliphatic rings. The molecule has 0 bridgehead atoms. The van der Waals surface area contributed by atoms with Gasteiger partial charge >= 0.3 is 6.18 Å². The number of pyridine rings is 1. The van der Waals surface area contributed by atoms with Crippen LogP contribution in [-0.2, 0) is 6.18 Å². The third-order valence-electron chi connectivity index (χ3n) is 3.97. The van der Waals surface area contributed by atoms with Crippen LogP contribution in [0.2, 0.25) is 0 Å². The molecule has 2 unspecified atom stereocenters. The largest absolute Gasteiger partial charge is 0.417 e. The van der Waals surface area contributed by atoms with Gasteiger partial charge in [0.25, 0.3) is 5.91 Å². The predicted octanol–water partition coefficient (Wildman–Crippen LogP) is 1.96. The van der Waals surface area contributed by atoms with E-state index in [9.17, 15) is 18.0 Å². The van der Waals surface area contributed by atoms with Crippen LogP contribution in [0.25, 0.3) is 0 Å². The van der Waals surface area contributed by atoms with Crippen molar-refractivity contribution in [3.05, 3.63) is 29.6 Å². The van der Waals surface area contributed by atoms with Gasteiger partial charge in [-0.25, -0.2) is 0 Å². The highest BCUT2D eigenvalue weighted by atomic mass is 19.4. The van der Waals surface area contributed by atoms with Gasteiger partial charge in [-0.2, -0.15) is 13.2 Å². The van der Waals surface area contributed by atoms with Crippen LogP contribution >= 0.6 is 0 Å². The molecule has 0 radical (unpaired) electrons. The van der Waals surface area contributed by atoms with Gasteiger partial charge in [-0.15, -0.1) is 0 Å². The van der Waals surface area contributed by atoms with Crippen molar-refractivity contribution in [1.82, 2.24) is 10.3 Å². The molecule has 1 saturated carbocycles. The van der Waals surface area contributed by atoms with Crippen LogP contribution in [0.4, 0.5) is 13.2 Å². The molecule has 1 fully saturated rings. The lowest BCUT2D eigenvalue weighted by Crippen LogP contribution is -2.64. The number of nitrogens with two attached hydrogens (primary N) is 1. The first-order chi connectivity index (χ1) is 9.12. The minimum Gasteiger partial charge on any atom is -0.347 e. The van der Waals surface area contributed by atoms with E-state index in [4.69, 9.17) is 5.73 Å². The summed E-state index contributed by atoms with van der Waals surface area (Å²) < 4.78 is 37.2. The number of carbonyl (C=O) groups is 1. The lowest BCUT2D eigenvalue weighted by molar-refractivity contribution is -0.137. The molecule has 1 amide bonds. The first-order valence-corrected chi connectivity index (χ1v) is 6.22. The summed E-state index contributed by atoms with van der Waals surface area (Å²) in [6.45, 7) is 3.87. The molecule has 0 spiro atoms. The Kier molecular flexibility index (Phi) is 3.49. The zero-order valence-corrected chi connectivity index (χ0v) is 11.2. The Morgan fingerprint density at radius 1 is 1.45 bits per heavy atom. The first kappa shape index (κ1) is 14.8. The third-order valence-corrected chi connectivity index (χ3v) is 3.97. The second-order valence-electron chi connectivity index (χ2n) is 5.62. The first-order valence-electron chi connectivity index (χ1n) is 6.22. The summed E-state index contributed by atoms with van der Waals surface area (Å²) in [6, 6.07) is 1.84. The maximum absolute atomic E-state index is 12.4. The second-order valence-corrected chi connectivity index (χ2v) is 5.62. The van der Waals surface area contributed by atoms with E-state index in [-0.39, 0.29) is 23.2 Å². The zero-order chi connectivity index (χ0) is 15.1. The Hall–Kier alpha value is -1.63. The normalized spacial score (nSPS) is 24.9. The minimum absolute atomic E-state index is 0.00774. The Morgan fingerprint density at radius 3 is 2.50 bits per heavy atom. The van der Waals surface area contributed by atoms with Gasteiger partial charge in [-0.3, -0.25) is 9.78 Å². The molecule has 4 nitrogen and oxygen atoms in total. The summed E-state index contributed by atoms with van der Waals surface area (Å²) in [5, 5.41) is 2.75. The van der Waals surface area contributed by atoms with Gasteiger partial charge in [0, 0.05) is 23.7 Å². The molecule has 2 atom stereocenters. The second kappa shape index (κ2) is 4.73. The predicted molar refractivity (Wildman–Crippen MR) is 66.9 cm³/mol. The molecule has 0 aliphatic heterocycles. The summed E-state index contributed by atoms with van der Waals surface area (Å²) in [4.78, 5) is 15.5. The summed E-state index contributed by atoms with van der Waals surface area (Å²) in [7, 11) is 0. The quantitative estimate of drug-likeness (QED) is 0.873. The van der Waals surface area contributed by atoms with Crippen LogP contribution in [0.15, 0.2) is 18.3 Å². The molecule has 3 N–H and O–H groups in total. The van der Waals surface area contributed by atoms with Crippen LogP contribution in [-0.4, -0.2) is 23.0 Å². The zero-order valence-electron chi connectivity index (χ0n) is 11.2. The molecule has 1 aromatic rings. The van der Waals surface area contributed by atoms with E-state index >= 15 is 0 Å². The van der Waals surface area contributed by atoms with Gasteiger partial charge in [-0.1, -0.05) is 13.8 Å². The van der Waals surface area contributed by atoms with Crippen molar-refractivity contribution < 1.29 is 18.0 Å².